The van der Waals surface area contributed by atoms with Gasteiger partial charge in [0, 0.05) is 12.6 Å². The molecule has 0 radical (unpaired) electrons. The third kappa shape index (κ3) is 2.95. The molecule has 2 atom stereocenters. The first-order chi connectivity index (χ1) is 7.57. The van der Waals surface area contributed by atoms with Crippen LogP contribution in [0.4, 0.5) is 0 Å². The summed E-state index contributed by atoms with van der Waals surface area (Å²) in [6, 6.07) is -0.219. The number of nitrogens with one attached hydrogen (secondary N) is 1. The molecule has 2 aliphatic rings. The van der Waals surface area contributed by atoms with E-state index in [-0.39, 0.29) is 29.6 Å². The Morgan fingerprint density at radius 1 is 1.25 bits per heavy atom. The molecule has 0 aromatic rings. The van der Waals surface area contributed by atoms with Crippen LogP contribution in [0.15, 0.2) is 0 Å². The molecule has 2 saturated heterocycles. The lowest BCUT2D eigenvalue weighted by Gasteiger charge is -2.23. The molecule has 2 heterocycles. The van der Waals surface area contributed by atoms with E-state index >= 15 is 0 Å². The topological polar surface area (TPSA) is 72.5 Å². The minimum absolute atomic E-state index is 0.0749. The van der Waals surface area contributed by atoms with Gasteiger partial charge in [-0.25, -0.2) is 8.42 Å². The molecular formula is C10H17NO4S. The summed E-state index contributed by atoms with van der Waals surface area (Å²) in [4.78, 5) is 11.7. The Hall–Kier alpha value is -0.620. The minimum atomic E-state index is -2.93. The highest BCUT2D eigenvalue weighted by Gasteiger charge is 2.31. The second-order valence-electron chi connectivity index (χ2n) is 4.46. The number of hydrogen-bond donors (Lipinski definition) is 1. The molecule has 2 unspecified atom stereocenters. The third-order valence-corrected chi connectivity index (χ3v) is 4.82. The molecule has 0 aliphatic carbocycles. The Morgan fingerprint density at radius 2 is 2.06 bits per heavy atom. The standard InChI is InChI=1S/C10H17NO4S/c12-10(9-3-1-2-5-15-9)11-8-4-6-16(13,14)7-8/h8-9H,1-7H2,(H,11,12). The smallest absolute Gasteiger partial charge is 0.249 e. The lowest BCUT2D eigenvalue weighted by molar-refractivity contribution is -0.136. The molecule has 0 bridgehead atoms. The number of carbonyl (C=O) groups excluding carboxylic acids is 1. The minimum Gasteiger partial charge on any atom is -0.368 e. The van der Waals surface area contributed by atoms with Gasteiger partial charge >= 0.3 is 0 Å². The fourth-order valence-corrected chi connectivity index (χ4v) is 3.82. The largest absolute Gasteiger partial charge is 0.368 e. The summed E-state index contributed by atoms with van der Waals surface area (Å²) in [7, 11) is -2.93. The van der Waals surface area contributed by atoms with Crippen LogP contribution in [0.3, 0.4) is 0 Å². The lowest BCUT2D eigenvalue weighted by atomic mass is 10.1. The van der Waals surface area contributed by atoms with Gasteiger partial charge in [-0.05, 0) is 25.7 Å². The molecule has 2 rings (SSSR count). The zero-order valence-electron chi connectivity index (χ0n) is 9.15. The molecule has 2 fully saturated rings. The summed E-state index contributed by atoms with van der Waals surface area (Å²) in [5.74, 6) is 0.108. The monoisotopic (exact) mass is 247 g/mol. The number of carbonyl (C=O) groups is 1. The Bertz CT molecular complexity index is 359. The Morgan fingerprint density at radius 3 is 2.62 bits per heavy atom. The summed E-state index contributed by atoms with van der Waals surface area (Å²) >= 11 is 0. The quantitative estimate of drug-likeness (QED) is 0.737. The first-order valence-electron chi connectivity index (χ1n) is 5.69. The highest BCUT2D eigenvalue weighted by Crippen LogP contribution is 2.15. The van der Waals surface area contributed by atoms with Crippen molar-refractivity contribution in [1.82, 2.24) is 5.32 Å². The summed E-state index contributed by atoms with van der Waals surface area (Å²) in [6.45, 7) is 0.626. The SMILES string of the molecule is O=C(NC1CCS(=O)(=O)C1)C1CCCCO1. The van der Waals surface area contributed by atoms with Crippen LogP contribution < -0.4 is 5.32 Å². The van der Waals surface area contributed by atoms with Crippen LogP contribution in [0.1, 0.15) is 25.7 Å². The average molecular weight is 247 g/mol. The summed E-state index contributed by atoms with van der Waals surface area (Å²) in [5.41, 5.74) is 0. The van der Waals surface area contributed by atoms with Crippen molar-refractivity contribution in [3.8, 4) is 0 Å². The van der Waals surface area contributed by atoms with E-state index < -0.39 is 9.84 Å². The molecule has 92 valence electrons. The second kappa shape index (κ2) is 4.71. The molecule has 0 saturated carbocycles. The first kappa shape index (κ1) is 11.9. The van der Waals surface area contributed by atoms with Crippen LogP contribution in [-0.4, -0.2) is 44.6 Å². The van der Waals surface area contributed by atoms with Gasteiger partial charge in [0.05, 0.1) is 11.5 Å². The fourth-order valence-electron chi connectivity index (χ4n) is 2.15. The zero-order chi connectivity index (χ0) is 11.6. The van der Waals surface area contributed by atoms with Crippen LogP contribution in [0, 0.1) is 0 Å². The Balaban J connectivity index is 1.83. The van der Waals surface area contributed by atoms with Gasteiger partial charge in [0.2, 0.25) is 5.91 Å². The van der Waals surface area contributed by atoms with Crippen molar-refractivity contribution >= 4 is 15.7 Å². The maximum atomic E-state index is 11.7. The van der Waals surface area contributed by atoms with Crippen LogP contribution >= 0.6 is 0 Å². The molecular weight excluding hydrogens is 230 g/mol. The number of rotatable bonds is 2. The van der Waals surface area contributed by atoms with Crippen molar-refractivity contribution in [2.75, 3.05) is 18.1 Å². The Kier molecular flexibility index (Phi) is 3.49. The van der Waals surface area contributed by atoms with E-state index in [0.717, 1.165) is 19.3 Å². The molecule has 16 heavy (non-hydrogen) atoms. The van der Waals surface area contributed by atoms with Crippen LogP contribution in [0.25, 0.3) is 0 Å². The lowest BCUT2D eigenvalue weighted by Crippen LogP contribution is -2.44. The molecule has 1 amide bonds. The molecule has 2 aliphatic heterocycles. The van der Waals surface area contributed by atoms with Crippen LogP contribution in [-0.2, 0) is 19.4 Å². The highest BCUT2D eigenvalue weighted by molar-refractivity contribution is 7.91. The van der Waals surface area contributed by atoms with E-state index in [9.17, 15) is 13.2 Å². The summed E-state index contributed by atoms with van der Waals surface area (Å²) < 4.78 is 27.8. The summed E-state index contributed by atoms with van der Waals surface area (Å²) in [6.07, 6.45) is 2.89. The number of ether oxygens (including phenoxy) is 1. The molecule has 0 aromatic carbocycles. The van der Waals surface area contributed by atoms with Gasteiger partial charge in [-0.3, -0.25) is 4.79 Å². The predicted octanol–water partition coefficient (Wildman–Crippen LogP) is -0.141. The van der Waals surface area contributed by atoms with E-state index in [2.05, 4.69) is 5.32 Å². The van der Waals surface area contributed by atoms with Gasteiger partial charge in [-0.1, -0.05) is 0 Å². The molecule has 1 N–H and O–H groups in total. The highest BCUT2D eigenvalue weighted by atomic mass is 32.2. The van der Waals surface area contributed by atoms with Gasteiger partial charge in [-0.2, -0.15) is 0 Å². The Labute approximate surface area is 95.5 Å². The number of amides is 1. The van der Waals surface area contributed by atoms with E-state index in [0.29, 0.717) is 13.0 Å². The van der Waals surface area contributed by atoms with Gasteiger partial charge in [0.1, 0.15) is 6.10 Å². The zero-order valence-corrected chi connectivity index (χ0v) is 9.96. The van der Waals surface area contributed by atoms with Gasteiger partial charge in [-0.15, -0.1) is 0 Å². The molecule has 6 heteroatoms. The van der Waals surface area contributed by atoms with Gasteiger partial charge in [0.15, 0.2) is 9.84 Å². The normalized spacial score (nSPS) is 33.5. The average Bonchev–Trinajstić information content (AvgIpc) is 2.59. The molecule has 0 aromatic heterocycles. The second-order valence-corrected chi connectivity index (χ2v) is 6.69. The van der Waals surface area contributed by atoms with E-state index in [4.69, 9.17) is 4.74 Å². The van der Waals surface area contributed by atoms with Crippen LogP contribution in [0.2, 0.25) is 0 Å². The number of sulfone groups is 1. The van der Waals surface area contributed by atoms with E-state index in [1.54, 1.807) is 0 Å². The summed E-state index contributed by atoms with van der Waals surface area (Å²) in [5, 5.41) is 2.76. The third-order valence-electron chi connectivity index (χ3n) is 3.05. The van der Waals surface area contributed by atoms with Gasteiger partial charge in [0.25, 0.3) is 0 Å². The van der Waals surface area contributed by atoms with Crippen molar-refractivity contribution in [3.63, 3.8) is 0 Å². The van der Waals surface area contributed by atoms with Crippen molar-refractivity contribution in [2.24, 2.45) is 0 Å². The maximum Gasteiger partial charge on any atom is 0.249 e. The molecule has 5 nitrogen and oxygen atoms in total. The van der Waals surface area contributed by atoms with Crippen molar-refractivity contribution < 1.29 is 17.9 Å². The van der Waals surface area contributed by atoms with Crippen molar-refractivity contribution in [2.45, 2.75) is 37.8 Å². The molecule has 0 spiro atoms. The van der Waals surface area contributed by atoms with Crippen LogP contribution in [0.5, 0.6) is 0 Å². The number of hydrogen-bond acceptors (Lipinski definition) is 4. The fraction of sp³-hybridized carbons (Fsp3) is 0.900. The first-order valence-corrected chi connectivity index (χ1v) is 7.51. The maximum absolute atomic E-state index is 11.7. The van der Waals surface area contributed by atoms with E-state index in [1.807, 2.05) is 0 Å². The van der Waals surface area contributed by atoms with Crippen molar-refractivity contribution in [1.29, 1.82) is 0 Å². The van der Waals surface area contributed by atoms with E-state index in [1.165, 1.54) is 0 Å². The van der Waals surface area contributed by atoms with Gasteiger partial charge < -0.3 is 10.1 Å². The van der Waals surface area contributed by atoms with Crippen molar-refractivity contribution in [3.05, 3.63) is 0 Å². The predicted molar refractivity (Wildman–Crippen MR) is 58.8 cm³/mol.